The third-order valence-corrected chi connectivity index (χ3v) is 6.50. The fraction of sp³-hybridized carbons (Fsp3) is 0.269. The van der Waals surface area contributed by atoms with Gasteiger partial charge in [0, 0.05) is 30.8 Å². The number of carbonyl (C=O) groups is 2. The summed E-state index contributed by atoms with van der Waals surface area (Å²) in [6.45, 7) is 1.04. The highest BCUT2D eigenvalue weighted by Gasteiger charge is 2.31. The molecule has 3 aromatic rings. The first kappa shape index (κ1) is 22.0. The van der Waals surface area contributed by atoms with E-state index in [1.54, 1.807) is 41.3 Å². The normalized spacial score (nSPS) is 16.9. The Bertz CT molecular complexity index is 1220. The first-order valence-corrected chi connectivity index (χ1v) is 11.2. The Morgan fingerprint density at radius 3 is 2.53 bits per heavy atom. The first-order chi connectivity index (χ1) is 16.5. The maximum Gasteiger partial charge on any atom is 0.262 e. The van der Waals surface area contributed by atoms with E-state index >= 15 is 0 Å². The SMILES string of the molecule is O=C1COc2ccc(C(=O)N3CCC([C@H](c4ccc(F)cc4)c4ccnc(F)c4)CC3)cc2N1. The number of ether oxygens (including phenoxy) is 1. The van der Waals surface area contributed by atoms with Gasteiger partial charge >= 0.3 is 0 Å². The van der Waals surface area contributed by atoms with E-state index in [0.29, 0.717) is 42.9 Å². The highest BCUT2D eigenvalue weighted by Crippen LogP contribution is 2.38. The third-order valence-electron chi connectivity index (χ3n) is 6.50. The number of hydrogen-bond acceptors (Lipinski definition) is 4. The van der Waals surface area contributed by atoms with Gasteiger partial charge in [-0.15, -0.1) is 0 Å². The van der Waals surface area contributed by atoms with Crippen molar-refractivity contribution in [2.75, 3.05) is 25.0 Å². The zero-order chi connectivity index (χ0) is 23.7. The van der Waals surface area contributed by atoms with E-state index in [0.717, 1.165) is 11.1 Å². The number of aromatic nitrogens is 1. The summed E-state index contributed by atoms with van der Waals surface area (Å²) in [5.74, 6) is -0.691. The number of rotatable bonds is 4. The lowest BCUT2D eigenvalue weighted by atomic mass is 9.76. The van der Waals surface area contributed by atoms with Crippen LogP contribution in [0.15, 0.2) is 60.8 Å². The number of nitrogens with zero attached hydrogens (tertiary/aromatic N) is 2. The molecule has 0 aliphatic carbocycles. The summed E-state index contributed by atoms with van der Waals surface area (Å²) in [6.07, 6.45) is 2.86. The van der Waals surface area contributed by atoms with E-state index in [-0.39, 0.29) is 36.1 Å². The van der Waals surface area contributed by atoms with Crippen LogP contribution >= 0.6 is 0 Å². The van der Waals surface area contributed by atoms with Gasteiger partial charge in [0.25, 0.3) is 11.8 Å². The highest BCUT2D eigenvalue weighted by molar-refractivity contribution is 5.99. The van der Waals surface area contributed by atoms with Gasteiger partial charge in [0.1, 0.15) is 11.6 Å². The molecule has 0 radical (unpaired) electrons. The number of carbonyl (C=O) groups excluding carboxylic acids is 2. The lowest BCUT2D eigenvalue weighted by molar-refractivity contribution is -0.118. The number of likely N-dealkylation sites (tertiary alicyclic amines) is 1. The van der Waals surface area contributed by atoms with E-state index in [2.05, 4.69) is 10.3 Å². The second-order valence-corrected chi connectivity index (χ2v) is 8.62. The molecule has 2 amide bonds. The van der Waals surface area contributed by atoms with Crippen LogP contribution in [0.25, 0.3) is 0 Å². The lowest BCUT2D eigenvalue weighted by Gasteiger charge is -2.36. The van der Waals surface area contributed by atoms with Crippen molar-refractivity contribution in [1.82, 2.24) is 9.88 Å². The van der Waals surface area contributed by atoms with Crippen LogP contribution in [0.1, 0.15) is 40.2 Å². The van der Waals surface area contributed by atoms with Crippen LogP contribution in [0.2, 0.25) is 0 Å². The molecule has 2 aromatic carbocycles. The van der Waals surface area contributed by atoms with Crippen molar-refractivity contribution in [1.29, 1.82) is 0 Å². The number of benzene rings is 2. The highest BCUT2D eigenvalue weighted by atomic mass is 19.1. The Morgan fingerprint density at radius 2 is 1.79 bits per heavy atom. The van der Waals surface area contributed by atoms with Gasteiger partial charge in [-0.05, 0) is 72.4 Å². The molecule has 5 rings (SSSR count). The molecule has 0 spiro atoms. The van der Waals surface area contributed by atoms with Crippen molar-refractivity contribution in [2.45, 2.75) is 18.8 Å². The summed E-state index contributed by atoms with van der Waals surface area (Å²) < 4.78 is 32.8. The van der Waals surface area contributed by atoms with Gasteiger partial charge in [-0.1, -0.05) is 12.1 Å². The summed E-state index contributed by atoms with van der Waals surface area (Å²) in [5.41, 5.74) is 2.67. The maximum atomic E-state index is 13.9. The van der Waals surface area contributed by atoms with Crippen molar-refractivity contribution in [3.8, 4) is 5.75 Å². The van der Waals surface area contributed by atoms with E-state index in [9.17, 15) is 18.4 Å². The number of fused-ring (bicyclic) bond motifs is 1. The molecule has 6 nitrogen and oxygen atoms in total. The smallest absolute Gasteiger partial charge is 0.262 e. The average molecular weight is 463 g/mol. The van der Waals surface area contributed by atoms with Crippen LogP contribution in [0, 0.1) is 17.7 Å². The van der Waals surface area contributed by atoms with Gasteiger partial charge in [0.15, 0.2) is 6.61 Å². The molecule has 1 atom stereocenters. The number of piperidine rings is 1. The monoisotopic (exact) mass is 463 g/mol. The Morgan fingerprint density at radius 1 is 1.03 bits per heavy atom. The molecule has 174 valence electrons. The molecule has 3 heterocycles. The molecule has 1 N–H and O–H groups in total. The number of pyridine rings is 1. The van der Waals surface area contributed by atoms with Gasteiger partial charge < -0.3 is 15.0 Å². The largest absolute Gasteiger partial charge is 0.482 e. The fourth-order valence-corrected chi connectivity index (χ4v) is 4.85. The summed E-state index contributed by atoms with van der Waals surface area (Å²) in [4.78, 5) is 30.2. The minimum Gasteiger partial charge on any atom is -0.482 e. The minimum atomic E-state index is -0.555. The number of anilines is 1. The van der Waals surface area contributed by atoms with Gasteiger partial charge in [-0.2, -0.15) is 4.39 Å². The summed E-state index contributed by atoms with van der Waals surface area (Å²) in [5, 5.41) is 2.73. The number of nitrogens with one attached hydrogen (secondary N) is 1. The Labute approximate surface area is 195 Å². The Balaban J connectivity index is 1.33. The molecule has 2 aliphatic heterocycles. The van der Waals surface area contributed by atoms with Crippen molar-refractivity contribution < 1.29 is 23.1 Å². The third kappa shape index (κ3) is 4.48. The van der Waals surface area contributed by atoms with Crippen LogP contribution in [0.3, 0.4) is 0 Å². The zero-order valence-corrected chi connectivity index (χ0v) is 18.3. The van der Waals surface area contributed by atoms with E-state index in [1.165, 1.54) is 24.4 Å². The minimum absolute atomic E-state index is 0.0373. The zero-order valence-electron chi connectivity index (χ0n) is 18.3. The van der Waals surface area contributed by atoms with Gasteiger partial charge in [-0.3, -0.25) is 9.59 Å². The molecule has 1 aromatic heterocycles. The Hall–Kier alpha value is -3.81. The molecular formula is C26H23F2N3O3. The average Bonchev–Trinajstić information content (AvgIpc) is 2.85. The molecule has 0 bridgehead atoms. The second kappa shape index (κ2) is 9.21. The first-order valence-electron chi connectivity index (χ1n) is 11.2. The second-order valence-electron chi connectivity index (χ2n) is 8.62. The molecule has 8 heteroatoms. The summed E-state index contributed by atoms with van der Waals surface area (Å²) in [6, 6.07) is 14.5. The van der Waals surface area contributed by atoms with E-state index < -0.39 is 5.95 Å². The predicted octanol–water partition coefficient (Wildman–Crippen LogP) is 4.38. The van der Waals surface area contributed by atoms with Crippen molar-refractivity contribution in [3.63, 3.8) is 0 Å². The van der Waals surface area contributed by atoms with E-state index in [1.807, 2.05) is 0 Å². The molecule has 34 heavy (non-hydrogen) atoms. The maximum absolute atomic E-state index is 13.9. The lowest BCUT2D eigenvalue weighted by Crippen LogP contribution is -2.40. The molecular weight excluding hydrogens is 440 g/mol. The van der Waals surface area contributed by atoms with E-state index in [4.69, 9.17) is 4.74 Å². The molecule has 2 aliphatic rings. The van der Waals surface area contributed by atoms with Gasteiger partial charge in [0.05, 0.1) is 5.69 Å². The van der Waals surface area contributed by atoms with Crippen LogP contribution in [-0.2, 0) is 4.79 Å². The molecule has 0 saturated carbocycles. The predicted molar refractivity (Wildman–Crippen MR) is 122 cm³/mol. The van der Waals surface area contributed by atoms with Gasteiger partial charge in [-0.25, -0.2) is 9.37 Å². The summed E-state index contributed by atoms with van der Waals surface area (Å²) >= 11 is 0. The van der Waals surface area contributed by atoms with Crippen molar-refractivity contribution in [3.05, 3.63) is 89.2 Å². The van der Waals surface area contributed by atoms with Crippen LogP contribution in [-0.4, -0.2) is 41.4 Å². The fourth-order valence-electron chi connectivity index (χ4n) is 4.85. The number of amides is 2. The van der Waals surface area contributed by atoms with Gasteiger partial charge in [0.2, 0.25) is 5.95 Å². The summed E-state index contributed by atoms with van der Waals surface area (Å²) in [7, 11) is 0. The quantitative estimate of drug-likeness (QED) is 0.583. The molecule has 0 unspecified atom stereocenters. The Kier molecular flexibility index (Phi) is 5.96. The van der Waals surface area contributed by atoms with Crippen molar-refractivity contribution in [2.24, 2.45) is 5.92 Å². The molecule has 1 fully saturated rings. The molecule has 1 saturated heterocycles. The van der Waals surface area contributed by atoms with Crippen molar-refractivity contribution >= 4 is 17.5 Å². The van der Waals surface area contributed by atoms with Crippen LogP contribution in [0.4, 0.5) is 14.5 Å². The van der Waals surface area contributed by atoms with Crippen LogP contribution < -0.4 is 10.1 Å². The number of hydrogen-bond donors (Lipinski definition) is 1. The standard InChI is InChI=1S/C26H23F2N3O3/c27-20-4-1-16(2-5-20)25(18-7-10-29-23(28)14-18)17-8-11-31(12-9-17)26(33)19-3-6-22-21(13-19)30-24(32)15-34-22/h1-7,10,13-14,17,25H,8-9,11-12,15H2,(H,30,32)/t25-/m0/s1. The number of halogens is 2. The topological polar surface area (TPSA) is 71.5 Å². The van der Waals surface area contributed by atoms with Crippen LogP contribution in [0.5, 0.6) is 5.75 Å².